The van der Waals surface area contributed by atoms with E-state index in [-0.39, 0.29) is 24.3 Å². The van der Waals surface area contributed by atoms with E-state index in [9.17, 15) is 4.79 Å². The summed E-state index contributed by atoms with van der Waals surface area (Å²) < 4.78 is 6.28. The van der Waals surface area contributed by atoms with Gasteiger partial charge in [-0.25, -0.2) is 0 Å². The standard InChI is InChI=1S/C17H19N5O2S2/c18-8-9-22(13-5-2-1-3-6-13)15(23)12-25-17-21-20-16(26-17)19-11-14-7-4-10-24-14/h1-3,5-6,14H,4,7,9-12H2,(H,19,20). The summed E-state index contributed by atoms with van der Waals surface area (Å²) in [6, 6.07) is 11.2. The second kappa shape index (κ2) is 9.52. The van der Waals surface area contributed by atoms with Crippen LogP contribution in [0.15, 0.2) is 34.7 Å². The summed E-state index contributed by atoms with van der Waals surface area (Å²) in [5, 5.41) is 21.2. The smallest absolute Gasteiger partial charge is 0.238 e. The number of benzene rings is 1. The summed E-state index contributed by atoms with van der Waals surface area (Å²) in [5.74, 6) is 0.0727. The summed E-state index contributed by atoms with van der Waals surface area (Å²) in [5.41, 5.74) is 0.718. The number of aromatic nitrogens is 2. The average molecular weight is 390 g/mol. The van der Waals surface area contributed by atoms with E-state index in [0.717, 1.165) is 41.2 Å². The van der Waals surface area contributed by atoms with Gasteiger partial charge in [-0.1, -0.05) is 41.3 Å². The third kappa shape index (κ3) is 5.17. The highest BCUT2D eigenvalue weighted by molar-refractivity contribution is 8.01. The van der Waals surface area contributed by atoms with E-state index in [4.69, 9.17) is 10.00 Å². The highest BCUT2D eigenvalue weighted by Crippen LogP contribution is 2.26. The Kier molecular flexibility index (Phi) is 6.82. The summed E-state index contributed by atoms with van der Waals surface area (Å²) in [6.45, 7) is 1.57. The molecule has 1 amide bonds. The number of thioether (sulfide) groups is 1. The van der Waals surface area contributed by atoms with E-state index in [2.05, 4.69) is 15.5 Å². The Morgan fingerprint density at radius 1 is 1.42 bits per heavy atom. The number of nitrogens with one attached hydrogen (secondary N) is 1. The number of nitriles is 1. The minimum absolute atomic E-state index is 0.0215. The van der Waals surface area contributed by atoms with E-state index in [0.29, 0.717) is 0 Å². The number of hydrogen-bond acceptors (Lipinski definition) is 8. The first-order chi connectivity index (χ1) is 12.8. The molecular formula is C17H19N5O2S2. The molecule has 1 aliphatic heterocycles. The molecule has 136 valence electrons. The van der Waals surface area contributed by atoms with Gasteiger partial charge in [0.25, 0.3) is 0 Å². The quantitative estimate of drug-likeness (QED) is 0.548. The van der Waals surface area contributed by atoms with Crippen LogP contribution in [0.25, 0.3) is 0 Å². The molecule has 1 aliphatic rings. The maximum absolute atomic E-state index is 12.5. The predicted octanol–water partition coefficient (Wildman–Crippen LogP) is 2.78. The van der Waals surface area contributed by atoms with Gasteiger partial charge in [-0.2, -0.15) is 5.26 Å². The average Bonchev–Trinajstić information content (AvgIpc) is 3.35. The van der Waals surface area contributed by atoms with Crippen molar-refractivity contribution in [3.8, 4) is 6.07 Å². The van der Waals surface area contributed by atoms with Crippen molar-refractivity contribution in [1.82, 2.24) is 10.2 Å². The minimum atomic E-state index is -0.133. The molecule has 1 N–H and O–H groups in total. The predicted molar refractivity (Wildman–Crippen MR) is 103 cm³/mol. The number of carbonyl (C=O) groups excluding carboxylic acids is 1. The van der Waals surface area contributed by atoms with Gasteiger partial charge >= 0.3 is 0 Å². The van der Waals surface area contributed by atoms with Gasteiger partial charge in [-0.15, -0.1) is 10.2 Å². The van der Waals surface area contributed by atoms with Gasteiger partial charge in [0.1, 0.15) is 6.54 Å². The Balaban J connectivity index is 1.51. The fraction of sp³-hybridized carbons (Fsp3) is 0.412. The molecular weight excluding hydrogens is 370 g/mol. The van der Waals surface area contributed by atoms with E-state index in [1.54, 1.807) is 0 Å². The molecule has 26 heavy (non-hydrogen) atoms. The van der Waals surface area contributed by atoms with E-state index < -0.39 is 0 Å². The SMILES string of the molecule is N#CCN(C(=O)CSc1nnc(NCC2CCCO2)s1)c1ccccc1. The van der Waals surface area contributed by atoms with Crippen LogP contribution in [-0.4, -0.2) is 47.7 Å². The van der Waals surface area contributed by atoms with Crippen LogP contribution in [-0.2, 0) is 9.53 Å². The Morgan fingerprint density at radius 2 is 2.27 bits per heavy atom. The van der Waals surface area contributed by atoms with Crippen LogP contribution < -0.4 is 10.2 Å². The molecule has 1 fully saturated rings. The highest BCUT2D eigenvalue weighted by atomic mass is 32.2. The van der Waals surface area contributed by atoms with Crippen LogP contribution in [0, 0.1) is 11.3 Å². The molecule has 3 rings (SSSR count). The summed E-state index contributed by atoms with van der Waals surface area (Å²) in [7, 11) is 0. The largest absolute Gasteiger partial charge is 0.376 e. The summed E-state index contributed by atoms with van der Waals surface area (Å²) in [4.78, 5) is 14.0. The number of nitrogens with zero attached hydrogens (tertiary/aromatic N) is 4. The van der Waals surface area contributed by atoms with Crippen molar-refractivity contribution >= 4 is 39.8 Å². The van der Waals surface area contributed by atoms with Crippen LogP contribution in [0.2, 0.25) is 0 Å². The zero-order valence-electron chi connectivity index (χ0n) is 14.1. The lowest BCUT2D eigenvalue weighted by Crippen LogP contribution is -2.32. The molecule has 1 saturated heterocycles. The maximum atomic E-state index is 12.5. The van der Waals surface area contributed by atoms with Crippen molar-refractivity contribution in [2.75, 3.05) is 35.7 Å². The number of para-hydroxylation sites is 1. The fourth-order valence-electron chi connectivity index (χ4n) is 2.55. The molecule has 7 nitrogen and oxygen atoms in total. The number of amides is 1. The Morgan fingerprint density at radius 3 is 3.00 bits per heavy atom. The van der Waals surface area contributed by atoms with Gasteiger partial charge in [0, 0.05) is 18.8 Å². The third-order valence-corrected chi connectivity index (χ3v) is 5.83. The highest BCUT2D eigenvalue weighted by Gasteiger charge is 2.18. The molecule has 0 saturated carbocycles. The molecule has 2 aromatic rings. The first-order valence-corrected chi connectivity index (χ1v) is 10.1. The molecule has 0 spiro atoms. The van der Waals surface area contributed by atoms with E-state index >= 15 is 0 Å². The summed E-state index contributed by atoms with van der Waals surface area (Å²) in [6.07, 6.45) is 2.41. The second-order valence-corrected chi connectivity index (χ2v) is 7.85. The molecule has 2 heterocycles. The monoisotopic (exact) mass is 389 g/mol. The normalized spacial score (nSPS) is 16.2. The van der Waals surface area contributed by atoms with Crippen LogP contribution in [0.3, 0.4) is 0 Å². The van der Waals surface area contributed by atoms with Crippen LogP contribution in [0.5, 0.6) is 0 Å². The van der Waals surface area contributed by atoms with Crippen molar-refractivity contribution in [2.24, 2.45) is 0 Å². The number of ether oxygens (including phenoxy) is 1. The molecule has 1 unspecified atom stereocenters. The molecule has 0 radical (unpaired) electrons. The van der Waals surface area contributed by atoms with Crippen molar-refractivity contribution in [1.29, 1.82) is 5.26 Å². The van der Waals surface area contributed by atoms with Gasteiger partial charge < -0.3 is 10.1 Å². The fourth-order valence-corrected chi connectivity index (χ4v) is 4.18. The molecule has 1 aromatic carbocycles. The van der Waals surface area contributed by atoms with Gasteiger partial charge in [-0.3, -0.25) is 9.69 Å². The first kappa shape index (κ1) is 18.6. The first-order valence-electron chi connectivity index (χ1n) is 8.30. The van der Waals surface area contributed by atoms with Crippen molar-refractivity contribution < 1.29 is 9.53 Å². The topological polar surface area (TPSA) is 91.1 Å². The van der Waals surface area contributed by atoms with Gasteiger partial charge in [0.2, 0.25) is 11.0 Å². The Labute approximate surface area is 160 Å². The minimum Gasteiger partial charge on any atom is -0.376 e. The lowest BCUT2D eigenvalue weighted by atomic mass is 10.2. The number of rotatable bonds is 8. The zero-order chi connectivity index (χ0) is 18.2. The zero-order valence-corrected chi connectivity index (χ0v) is 15.8. The molecule has 1 atom stereocenters. The Hall–Kier alpha value is -2.15. The third-order valence-electron chi connectivity index (χ3n) is 3.83. The number of anilines is 2. The van der Waals surface area contributed by atoms with E-state index in [1.807, 2.05) is 36.4 Å². The summed E-state index contributed by atoms with van der Waals surface area (Å²) >= 11 is 2.75. The second-order valence-electron chi connectivity index (χ2n) is 5.65. The Bertz CT molecular complexity index is 756. The van der Waals surface area contributed by atoms with Crippen molar-refractivity contribution in [2.45, 2.75) is 23.3 Å². The van der Waals surface area contributed by atoms with Crippen molar-refractivity contribution in [3.63, 3.8) is 0 Å². The van der Waals surface area contributed by atoms with Crippen LogP contribution in [0.4, 0.5) is 10.8 Å². The molecule has 9 heteroatoms. The lowest BCUT2D eigenvalue weighted by molar-refractivity contribution is -0.116. The van der Waals surface area contributed by atoms with Gasteiger partial charge in [-0.05, 0) is 25.0 Å². The molecule has 0 aliphatic carbocycles. The molecule has 0 bridgehead atoms. The van der Waals surface area contributed by atoms with E-state index in [1.165, 1.54) is 28.0 Å². The van der Waals surface area contributed by atoms with Crippen LogP contribution >= 0.6 is 23.1 Å². The van der Waals surface area contributed by atoms with Gasteiger partial charge in [0.15, 0.2) is 4.34 Å². The van der Waals surface area contributed by atoms with Crippen LogP contribution in [0.1, 0.15) is 12.8 Å². The van der Waals surface area contributed by atoms with Crippen molar-refractivity contribution in [3.05, 3.63) is 30.3 Å². The maximum Gasteiger partial charge on any atom is 0.238 e. The van der Waals surface area contributed by atoms with Gasteiger partial charge in [0.05, 0.1) is 17.9 Å². The number of hydrogen-bond donors (Lipinski definition) is 1. The lowest BCUT2D eigenvalue weighted by Gasteiger charge is -2.19. The molecule has 1 aromatic heterocycles. The number of carbonyl (C=O) groups is 1.